The van der Waals surface area contributed by atoms with Gasteiger partial charge in [-0.3, -0.25) is 0 Å². The Morgan fingerprint density at radius 1 is 1.53 bits per heavy atom. The molecule has 17 heavy (non-hydrogen) atoms. The van der Waals surface area contributed by atoms with Gasteiger partial charge in [0.25, 0.3) is 0 Å². The zero-order chi connectivity index (χ0) is 12.3. The Balaban J connectivity index is 2.04. The molecule has 3 nitrogen and oxygen atoms in total. The van der Waals surface area contributed by atoms with Gasteiger partial charge in [0.2, 0.25) is 0 Å². The van der Waals surface area contributed by atoms with E-state index in [1.54, 1.807) is 7.11 Å². The van der Waals surface area contributed by atoms with Gasteiger partial charge in [0.05, 0.1) is 18.9 Å². The lowest BCUT2D eigenvalue weighted by Crippen LogP contribution is -2.15. The van der Waals surface area contributed by atoms with Crippen molar-refractivity contribution in [2.45, 2.75) is 19.3 Å². The van der Waals surface area contributed by atoms with E-state index in [2.05, 4.69) is 27.3 Å². The van der Waals surface area contributed by atoms with Crippen LogP contribution < -0.4 is 10.1 Å². The average molecular weight is 295 g/mol. The maximum atomic E-state index is 8.77. The molecule has 1 fully saturated rings. The first-order valence-electron chi connectivity index (χ1n) is 5.63. The molecule has 1 aliphatic rings. The Hall–Kier alpha value is -1.21. The first kappa shape index (κ1) is 12.3. The number of rotatable bonds is 5. The standard InChI is InChI=1S/C13H15BrN2O/c1-17-12-3-2-10(14)8-11(12)16-9-13(4-5-13)6-7-15/h2-3,8,16H,4-6,9H2,1H3. The Morgan fingerprint density at radius 2 is 2.29 bits per heavy atom. The number of benzene rings is 1. The maximum absolute atomic E-state index is 8.77. The molecule has 2 rings (SSSR count). The molecule has 0 aliphatic heterocycles. The van der Waals surface area contributed by atoms with Crippen molar-refractivity contribution < 1.29 is 4.74 Å². The molecular formula is C13H15BrN2O. The minimum atomic E-state index is 0.197. The van der Waals surface area contributed by atoms with E-state index in [0.717, 1.165) is 35.3 Å². The summed E-state index contributed by atoms with van der Waals surface area (Å²) < 4.78 is 6.32. The van der Waals surface area contributed by atoms with Crippen molar-refractivity contribution in [2.24, 2.45) is 5.41 Å². The molecule has 0 atom stereocenters. The summed E-state index contributed by atoms with van der Waals surface area (Å²) in [6, 6.07) is 8.14. The van der Waals surface area contributed by atoms with Crippen molar-refractivity contribution >= 4 is 21.6 Å². The van der Waals surface area contributed by atoms with Crippen LogP contribution in [0.2, 0.25) is 0 Å². The molecular weight excluding hydrogens is 280 g/mol. The number of nitrogens with one attached hydrogen (secondary N) is 1. The normalized spacial score (nSPS) is 16.1. The van der Waals surface area contributed by atoms with Crippen molar-refractivity contribution in [3.05, 3.63) is 22.7 Å². The molecule has 0 radical (unpaired) electrons. The minimum absolute atomic E-state index is 0.197. The number of hydrogen-bond acceptors (Lipinski definition) is 3. The van der Waals surface area contributed by atoms with Gasteiger partial charge in [-0.05, 0) is 31.0 Å². The van der Waals surface area contributed by atoms with Gasteiger partial charge in [-0.2, -0.15) is 5.26 Å². The minimum Gasteiger partial charge on any atom is -0.495 e. The highest BCUT2D eigenvalue weighted by Gasteiger charge is 2.42. The number of nitriles is 1. The maximum Gasteiger partial charge on any atom is 0.142 e. The molecule has 1 aliphatic carbocycles. The summed E-state index contributed by atoms with van der Waals surface area (Å²) in [4.78, 5) is 0. The van der Waals surface area contributed by atoms with E-state index in [9.17, 15) is 0 Å². The smallest absolute Gasteiger partial charge is 0.142 e. The van der Waals surface area contributed by atoms with Gasteiger partial charge in [0, 0.05) is 22.9 Å². The molecule has 0 amide bonds. The fourth-order valence-electron chi connectivity index (χ4n) is 1.86. The Kier molecular flexibility index (Phi) is 3.58. The lowest BCUT2D eigenvalue weighted by molar-refractivity contribution is 0.415. The van der Waals surface area contributed by atoms with Crippen molar-refractivity contribution in [1.82, 2.24) is 0 Å². The first-order valence-corrected chi connectivity index (χ1v) is 6.43. The third-order valence-corrected chi connectivity index (χ3v) is 3.72. The number of anilines is 1. The summed E-state index contributed by atoms with van der Waals surface area (Å²) >= 11 is 3.44. The Labute approximate surface area is 110 Å². The summed E-state index contributed by atoms with van der Waals surface area (Å²) in [6.07, 6.45) is 2.92. The molecule has 1 N–H and O–H groups in total. The summed E-state index contributed by atoms with van der Waals surface area (Å²) in [7, 11) is 1.66. The van der Waals surface area contributed by atoms with E-state index in [1.165, 1.54) is 0 Å². The number of hydrogen-bond donors (Lipinski definition) is 1. The van der Waals surface area contributed by atoms with E-state index in [4.69, 9.17) is 10.00 Å². The quantitative estimate of drug-likeness (QED) is 0.903. The van der Waals surface area contributed by atoms with Crippen LogP contribution in [-0.4, -0.2) is 13.7 Å². The van der Waals surface area contributed by atoms with E-state index >= 15 is 0 Å². The molecule has 4 heteroatoms. The van der Waals surface area contributed by atoms with Crippen LogP contribution in [0.1, 0.15) is 19.3 Å². The Morgan fingerprint density at radius 3 is 2.88 bits per heavy atom. The van der Waals surface area contributed by atoms with Crippen LogP contribution in [0.4, 0.5) is 5.69 Å². The summed E-state index contributed by atoms with van der Waals surface area (Å²) in [5, 5.41) is 12.2. The van der Waals surface area contributed by atoms with Crippen LogP contribution in [0.5, 0.6) is 5.75 Å². The second kappa shape index (κ2) is 4.97. The zero-order valence-corrected chi connectivity index (χ0v) is 11.4. The predicted octanol–water partition coefficient (Wildman–Crippen LogP) is 3.56. The molecule has 0 unspecified atom stereocenters. The van der Waals surface area contributed by atoms with Crippen LogP contribution in [-0.2, 0) is 0 Å². The molecule has 1 aromatic rings. The summed E-state index contributed by atoms with van der Waals surface area (Å²) in [6.45, 7) is 0.841. The largest absolute Gasteiger partial charge is 0.495 e. The highest BCUT2D eigenvalue weighted by molar-refractivity contribution is 9.10. The second-order valence-electron chi connectivity index (χ2n) is 4.53. The monoisotopic (exact) mass is 294 g/mol. The van der Waals surface area contributed by atoms with Crippen molar-refractivity contribution in [1.29, 1.82) is 5.26 Å². The van der Waals surface area contributed by atoms with Crippen molar-refractivity contribution in [2.75, 3.05) is 19.0 Å². The molecule has 0 saturated heterocycles. The van der Waals surface area contributed by atoms with Gasteiger partial charge < -0.3 is 10.1 Å². The van der Waals surface area contributed by atoms with Crippen LogP contribution in [0.15, 0.2) is 22.7 Å². The fourth-order valence-corrected chi connectivity index (χ4v) is 2.22. The molecule has 0 bridgehead atoms. The summed E-state index contributed by atoms with van der Waals surface area (Å²) in [5.41, 5.74) is 1.17. The number of ether oxygens (including phenoxy) is 1. The number of methoxy groups -OCH3 is 1. The van der Waals surface area contributed by atoms with E-state index in [-0.39, 0.29) is 5.41 Å². The molecule has 0 aromatic heterocycles. The van der Waals surface area contributed by atoms with Gasteiger partial charge in [-0.15, -0.1) is 0 Å². The van der Waals surface area contributed by atoms with Crippen LogP contribution >= 0.6 is 15.9 Å². The third-order valence-electron chi connectivity index (χ3n) is 3.23. The van der Waals surface area contributed by atoms with Crippen LogP contribution in [0.25, 0.3) is 0 Å². The van der Waals surface area contributed by atoms with E-state index in [0.29, 0.717) is 6.42 Å². The van der Waals surface area contributed by atoms with Gasteiger partial charge in [0.1, 0.15) is 5.75 Å². The van der Waals surface area contributed by atoms with E-state index in [1.807, 2.05) is 18.2 Å². The Bertz CT molecular complexity index is 449. The van der Waals surface area contributed by atoms with Crippen LogP contribution in [0, 0.1) is 16.7 Å². The lowest BCUT2D eigenvalue weighted by Gasteiger charge is -2.16. The van der Waals surface area contributed by atoms with E-state index < -0.39 is 0 Å². The van der Waals surface area contributed by atoms with Gasteiger partial charge >= 0.3 is 0 Å². The molecule has 1 saturated carbocycles. The van der Waals surface area contributed by atoms with Gasteiger partial charge in [-0.1, -0.05) is 15.9 Å². The van der Waals surface area contributed by atoms with Gasteiger partial charge in [-0.25, -0.2) is 0 Å². The van der Waals surface area contributed by atoms with Gasteiger partial charge in [0.15, 0.2) is 0 Å². The predicted molar refractivity (Wildman–Crippen MR) is 71.1 cm³/mol. The average Bonchev–Trinajstić information content (AvgIpc) is 3.08. The molecule has 0 spiro atoms. The highest BCUT2D eigenvalue weighted by atomic mass is 79.9. The first-order chi connectivity index (χ1) is 8.19. The number of nitrogens with zero attached hydrogens (tertiary/aromatic N) is 1. The SMILES string of the molecule is COc1ccc(Br)cc1NCC1(CC#N)CC1. The molecule has 90 valence electrons. The highest BCUT2D eigenvalue weighted by Crippen LogP contribution is 2.48. The zero-order valence-electron chi connectivity index (χ0n) is 9.79. The fraction of sp³-hybridized carbons (Fsp3) is 0.462. The van der Waals surface area contributed by atoms with Crippen molar-refractivity contribution in [3.63, 3.8) is 0 Å². The molecule has 0 heterocycles. The third kappa shape index (κ3) is 2.92. The topological polar surface area (TPSA) is 45.0 Å². The second-order valence-corrected chi connectivity index (χ2v) is 5.45. The van der Waals surface area contributed by atoms with Crippen LogP contribution in [0.3, 0.4) is 0 Å². The number of halogens is 1. The summed E-state index contributed by atoms with van der Waals surface area (Å²) in [5.74, 6) is 0.834. The lowest BCUT2D eigenvalue weighted by atomic mass is 10.0. The molecule has 1 aromatic carbocycles. The van der Waals surface area contributed by atoms with Crippen molar-refractivity contribution in [3.8, 4) is 11.8 Å².